The van der Waals surface area contributed by atoms with E-state index in [0.29, 0.717) is 5.69 Å². The van der Waals surface area contributed by atoms with Gasteiger partial charge in [-0.3, -0.25) is 4.79 Å². The van der Waals surface area contributed by atoms with Crippen molar-refractivity contribution >= 4 is 33.2 Å². The fourth-order valence-electron chi connectivity index (χ4n) is 1.03. The highest BCUT2D eigenvalue weighted by Gasteiger charge is 2.03. The summed E-state index contributed by atoms with van der Waals surface area (Å²) in [5, 5.41) is 2.69. The molecule has 0 aliphatic heterocycles. The van der Waals surface area contributed by atoms with Gasteiger partial charge in [-0.25, -0.2) is 0 Å². The van der Waals surface area contributed by atoms with Gasteiger partial charge in [-0.15, -0.1) is 0 Å². The van der Waals surface area contributed by atoms with E-state index in [9.17, 15) is 4.79 Å². The van der Waals surface area contributed by atoms with E-state index in [2.05, 4.69) is 21.2 Å². The molecule has 0 aromatic heterocycles. The molecule has 0 fully saturated rings. The van der Waals surface area contributed by atoms with Crippen molar-refractivity contribution in [1.82, 2.24) is 0 Å². The maximum atomic E-state index is 10.8. The fourth-order valence-corrected chi connectivity index (χ4v) is 1.59. The lowest BCUT2D eigenvalue weighted by Crippen LogP contribution is -2.06. The van der Waals surface area contributed by atoms with Gasteiger partial charge in [0.1, 0.15) is 0 Å². The fraction of sp³-hybridized carbons (Fsp3) is 0.222. The minimum absolute atomic E-state index is 0.0870. The zero-order valence-corrected chi connectivity index (χ0v) is 9.10. The maximum Gasteiger partial charge on any atom is 0.221 e. The SMILES string of the molecule is CC(=O)Nc1cc(C)c(N)c(Br)c1. The molecule has 0 atom stereocenters. The number of carbonyl (C=O) groups excluding carboxylic acids is 1. The third-order valence-corrected chi connectivity index (χ3v) is 2.31. The van der Waals surface area contributed by atoms with Gasteiger partial charge in [-0.05, 0) is 40.5 Å². The van der Waals surface area contributed by atoms with Crippen LogP contribution in [-0.2, 0) is 4.79 Å². The summed E-state index contributed by atoms with van der Waals surface area (Å²) in [6.45, 7) is 3.37. The van der Waals surface area contributed by atoms with Crippen molar-refractivity contribution in [2.45, 2.75) is 13.8 Å². The van der Waals surface area contributed by atoms with Gasteiger partial charge < -0.3 is 11.1 Å². The molecule has 0 aliphatic rings. The number of halogens is 1. The maximum absolute atomic E-state index is 10.8. The first-order valence-corrected chi connectivity index (χ1v) is 4.63. The molecule has 70 valence electrons. The summed E-state index contributed by atoms with van der Waals surface area (Å²) in [6.07, 6.45) is 0. The van der Waals surface area contributed by atoms with Crippen LogP contribution in [0.2, 0.25) is 0 Å². The first kappa shape index (κ1) is 10.1. The second kappa shape index (κ2) is 3.79. The van der Waals surface area contributed by atoms with Crippen LogP contribution < -0.4 is 11.1 Å². The molecule has 13 heavy (non-hydrogen) atoms. The van der Waals surface area contributed by atoms with Crippen LogP contribution in [0.4, 0.5) is 11.4 Å². The molecule has 1 amide bonds. The Balaban J connectivity index is 3.06. The Labute approximate surface area is 85.4 Å². The molecule has 3 N–H and O–H groups in total. The van der Waals surface area contributed by atoms with E-state index in [1.807, 2.05) is 13.0 Å². The number of nitrogen functional groups attached to an aromatic ring is 1. The first-order valence-electron chi connectivity index (χ1n) is 3.84. The van der Waals surface area contributed by atoms with Crippen LogP contribution in [-0.4, -0.2) is 5.91 Å². The number of hydrogen-bond donors (Lipinski definition) is 2. The lowest BCUT2D eigenvalue weighted by atomic mass is 10.2. The van der Waals surface area contributed by atoms with E-state index >= 15 is 0 Å². The molecule has 0 saturated heterocycles. The van der Waals surface area contributed by atoms with E-state index in [1.54, 1.807) is 6.07 Å². The second-order valence-corrected chi connectivity index (χ2v) is 3.72. The highest BCUT2D eigenvalue weighted by molar-refractivity contribution is 9.10. The van der Waals surface area contributed by atoms with E-state index < -0.39 is 0 Å². The lowest BCUT2D eigenvalue weighted by molar-refractivity contribution is -0.114. The number of nitrogens with two attached hydrogens (primary N) is 1. The topological polar surface area (TPSA) is 55.1 Å². The Hall–Kier alpha value is -1.03. The number of hydrogen-bond acceptors (Lipinski definition) is 2. The lowest BCUT2D eigenvalue weighted by Gasteiger charge is -2.07. The van der Waals surface area contributed by atoms with Gasteiger partial charge in [0, 0.05) is 22.8 Å². The average Bonchev–Trinajstić information content (AvgIpc) is 1.98. The van der Waals surface area contributed by atoms with Gasteiger partial charge in [0.05, 0.1) is 0 Å². The number of anilines is 2. The molecule has 4 heteroatoms. The van der Waals surface area contributed by atoms with Crippen molar-refractivity contribution in [2.24, 2.45) is 0 Å². The molecule has 0 aliphatic carbocycles. The molecule has 0 saturated carbocycles. The van der Waals surface area contributed by atoms with E-state index in [4.69, 9.17) is 5.73 Å². The molecular formula is C9H11BrN2O. The molecule has 0 bridgehead atoms. The summed E-state index contributed by atoms with van der Waals surface area (Å²) in [7, 11) is 0. The molecular weight excluding hydrogens is 232 g/mol. The van der Waals surface area contributed by atoms with Crippen molar-refractivity contribution < 1.29 is 4.79 Å². The summed E-state index contributed by atoms with van der Waals surface area (Å²) in [6, 6.07) is 3.62. The van der Waals surface area contributed by atoms with Crippen molar-refractivity contribution in [3.63, 3.8) is 0 Å². The smallest absolute Gasteiger partial charge is 0.221 e. The minimum Gasteiger partial charge on any atom is -0.398 e. The van der Waals surface area contributed by atoms with Gasteiger partial charge in [-0.1, -0.05) is 0 Å². The average molecular weight is 243 g/mol. The second-order valence-electron chi connectivity index (χ2n) is 2.87. The Kier molecular flexibility index (Phi) is 2.93. The van der Waals surface area contributed by atoms with Gasteiger partial charge in [0.25, 0.3) is 0 Å². The largest absolute Gasteiger partial charge is 0.398 e. The van der Waals surface area contributed by atoms with Gasteiger partial charge in [0.2, 0.25) is 5.91 Å². The summed E-state index contributed by atoms with van der Waals surface area (Å²) >= 11 is 3.31. The quantitative estimate of drug-likeness (QED) is 0.743. The third-order valence-electron chi connectivity index (χ3n) is 1.66. The molecule has 1 aromatic rings. The van der Waals surface area contributed by atoms with E-state index in [0.717, 1.165) is 15.7 Å². The Morgan fingerprint density at radius 1 is 1.54 bits per heavy atom. The van der Waals surface area contributed by atoms with Crippen LogP contribution >= 0.6 is 15.9 Å². The van der Waals surface area contributed by atoms with Crippen LogP contribution in [0.15, 0.2) is 16.6 Å². The first-order chi connectivity index (χ1) is 6.00. The molecule has 0 unspecified atom stereocenters. The monoisotopic (exact) mass is 242 g/mol. The molecule has 1 rings (SSSR count). The highest BCUT2D eigenvalue weighted by atomic mass is 79.9. The van der Waals surface area contributed by atoms with Crippen molar-refractivity contribution in [3.05, 3.63) is 22.2 Å². The number of rotatable bonds is 1. The summed E-state index contributed by atoms with van der Waals surface area (Å²) in [4.78, 5) is 10.8. The summed E-state index contributed by atoms with van der Waals surface area (Å²) in [5.74, 6) is -0.0870. The summed E-state index contributed by atoms with van der Waals surface area (Å²) in [5.41, 5.74) is 8.12. The van der Waals surface area contributed by atoms with Crippen LogP contribution in [0.25, 0.3) is 0 Å². The van der Waals surface area contributed by atoms with Crippen LogP contribution in [0.1, 0.15) is 12.5 Å². The van der Waals surface area contributed by atoms with Gasteiger partial charge in [-0.2, -0.15) is 0 Å². The minimum atomic E-state index is -0.0870. The van der Waals surface area contributed by atoms with Crippen LogP contribution in [0.5, 0.6) is 0 Å². The third kappa shape index (κ3) is 2.45. The number of aryl methyl sites for hydroxylation is 1. The molecule has 0 heterocycles. The zero-order valence-electron chi connectivity index (χ0n) is 7.52. The van der Waals surface area contributed by atoms with Crippen molar-refractivity contribution in [3.8, 4) is 0 Å². The van der Waals surface area contributed by atoms with Gasteiger partial charge >= 0.3 is 0 Å². The normalized spacial score (nSPS) is 9.77. The Bertz CT molecular complexity index is 326. The highest BCUT2D eigenvalue weighted by Crippen LogP contribution is 2.27. The zero-order chi connectivity index (χ0) is 10.0. The predicted molar refractivity (Wildman–Crippen MR) is 57.6 cm³/mol. The summed E-state index contributed by atoms with van der Waals surface area (Å²) < 4.78 is 0.802. The Morgan fingerprint density at radius 2 is 2.15 bits per heavy atom. The van der Waals surface area contributed by atoms with Crippen molar-refractivity contribution in [1.29, 1.82) is 0 Å². The van der Waals surface area contributed by atoms with Crippen LogP contribution in [0, 0.1) is 6.92 Å². The van der Waals surface area contributed by atoms with Crippen molar-refractivity contribution in [2.75, 3.05) is 11.1 Å². The molecule has 3 nitrogen and oxygen atoms in total. The van der Waals surface area contributed by atoms with E-state index in [1.165, 1.54) is 6.92 Å². The number of amides is 1. The molecule has 1 aromatic carbocycles. The Morgan fingerprint density at radius 3 is 2.62 bits per heavy atom. The predicted octanol–water partition coefficient (Wildman–Crippen LogP) is 2.30. The molecule has 0 spiro atoms. The number of nitrogens with one attached hydrogen (secondary N) is 1. The number of benzene rings is 1. The number of carbonyl (C=O) groups is 1. The van der Waals surface area contributed by atoms with Gasteiger partial charge in [0.15, 0.2) is 0 Å². The van der Waals surface area contributed by atoms with Crippen LogP contribution in [0.3, 0.4) is 0 Å². The van der Waals surface area contributed by atoms with E-state index in [-0.39, 0.29) is 5.91 Å². The molecule has 0 radical (unpaired) electrons. The standard InChI is InChI=1S/C9H11BrN2O/c1-5-3-7(12-6(2)13)4-8(10)9(5)11/h3-4H,11H2,1-2H3,(H,12,13).